The molecule has 0 aliphatic rings. The normalized spacial score (nSPS) is 12.0. The Morgan fingerprint density at radius 2 is 1.85 bits per heavy atom. The van der Waals surface area contributed by atoms with Crippen molar-refractivity contribution in [2.75, 3.05) is 0 Å². The molecule has 3 rings (SSSR count). The van der Waals surface area contributed by atoms with Crippen LogP contribution in [0.25, 0.3) is 11.1 Å². The van der Waals surface area contributed by atoms with Gasteiger partial charge < -0.3 is 10.3 Å². The summed E-state index contributed by atoms with van der Waals surface area (Å²) in [5.74, 6) is 1.59. The Morgan fingerprint density at radius 1 is 1.12 bits per heavy atom. The lowest BCUT2D eigenvalue weighted by Gasteiger charge is -2.01. The summed E-state index contributed by atoms with van der Waals surface area (Å²) in [6.07, 6.45) is 1.69. The molecule has 0 atom stereocenters. The highest BCUT2D eigenvalue weighted by Crippen LogP contribution is 2.26. The lowest BCUT2D eigenvalue weighted by Crippen LogP contribution is -2.05. The van der Waals surface area contributed by atoms with Gasteiger partial charge in [-0.1, -0.05) is 71.5 Å². The SMILES string of the molecule is Cc1noc(C)c1-c1ccc(C=NN=C(N)SCc2ccccc2)cc1. The first-order valence-electron chi connectivity index (χ1n) is 8.20. The molecule has 5 nitrogen and oxygen atoms in total. The van der Waals surface area contributed by atoms with E-state index in [-0.39, 0.29) is 0 Å². The first kappa shape index (κ1) is 17.9. The highest BCUT2D eigenvalue weighted by atomic mass is 32.2. The second kappa shape index (κ2) is 8.49. The number of benzene rings is 2. The van der Waals surface area contributed by atoms with Crippen LogP contribution in [0.1, 0.15) is 22.6 Å². The minimum atomic E-state index is 0.442. The number of hydrogen-bond donors (Lipinski definition) is 1. The van der Waals surface area contributed by atoms with Gasteiger partial charge in [-0.3, -0.25) is 0 Å². The van der Waals surface area contributed by atoms with Gasteiger partial charge >= 0.3 is 0 Å². The van der Waals surface area contributed by atoms with E-state index < -0.39 is 0 Å². The fraction of sp³-hybridized carbons (Fsp3) is 0.150. The van der Waals surface area contributed by atoms with Crippen molar-refractivity contribution in [1.29, 1.82) is 0 Å². The van der Waals surface area contributed by atoms with E-state index in [0.29, 0.717) is 5.17 Å². The molecule has 0 aliphatic heterocycles. The zero-order chi connectivity index (χ0) is 18.4. The Morgan fingerprint density at radius 3 is 2.50 bits per heavy atom. The summed E-state index contributed by atoms with van der Waals surface area (Å²) in [6, 6.07) is 18.1. The Hall–Kier alpha value is -2.86. The number of hydrogen-bond acceptors (Lipinski definition) is 5. The van der Waals surface area contributed by atoms with Crippen molar-refractivity contribution < 1.29 is 4.52 Å². The van der Waals surface area contributed by atoms with Crippen molar-refractivity contribution in [3.63, 3.8) is 0 Å². The Balaban J connectivity index is 1.60. The number of amidine groups is 1. The van der Waals surface area contributed by atoms with Gasteiger partial charge in [0.2, 0.25) is 0 Å². The molecule has 6 heteroatoms. The molecule has 26 heavy (non-hydrogen) atoms. The zero-order valence-corrected chi connectivity index (χ0v) is 15.5. The molecule has 0 unspecified atom stereocenters. The smallest absolute Gasteiger partial charge is 0.180 e. The van der Waals surface area contributed by atoms with E-state index in [2.05, 4.69) is 27.5 Å². The molecule has 0 bridgehead atoms. The van der Waals surface area contributed by atoms with Gasteiger partial charge in [0.05, 0.1) is 11.9 Å². The minimum absolute atomic E-state index is 0.442. The third-order valence-corrected chi connectivity index (χ3v) is 4.68. The number of aromatic nitrogens is 1. The summed E-state index contributed by atoms with van der Waals surface area (Å²) in [7, 11) is 0. The Kier molecular flexibility index (Phi) is 5.86. The van der Waals surface area contributed by atoms with Crippen LogP contribution < -0.4 is 5.73 Å². The maximum atomic E-state index is 5.89. The number of rotatable bonds is 5. The molecule has 0 radical (unpaired) electrons. The van der Waals surface area contributed by atoms with Gasteiger partial charge in [0.25, 0.3) is 0 Å². The van der Waals surface area contributed by atoms with E-state index in [4.69, 9.17) is 10.3 Å². The van der Waals surface area contributed by atoms with Gasteiger partial charge in [0, 0.05) is 11.3 Å². The van der Waals surface area contributed by atoms with E-state index in [1.54, 1.807) is 6.21 Å². The van der Waals surface area contributed by atoms with Crippen LogP contribution in [0.3, 0.4) is 0 Å². The number of nitrogens with zero attached hydrogens (tertiary/aromatic N) is 3. The quantitative estimate of drug-likeness (QED) is 0.410. The summed E-state index contributed by atoms with van der Waals surface area (Å²) in [5, 5.41) is 12.5. The molecule has 1 aromatic heterocycles. The Labute approximate surface area is 157 Å². The minimum Gasteiger partial charge on any atom is -0.377 e. The molecular formula is C20H20N4OS. The molecule has 0 amide bonds. The molecule has 2 aromatic carbocycles. The van der Waals surface area contributed by atoms with Crippen LogP contribution in [0.4, 0.5) is 0 Å². The van der Waals surface area contributed by atoms with E-state index in [1.807, 2.05) is 56.3 Å². The van der Waals surface area contributed by atoms with Gasteiger partial charge in [0.15, 0.2) is 5.17 Å². The molecule has 3 aromatic rings. The molecule has 1 heterocycles. The van der Waals surface area contributed by atoms with Crippen molar-refractivity contribution in [3.05, 3.63) is 77.2 Å². The van der Waals surface area contributed by atoms with Crippen molar-refractivity contribution in [3.8, 4) is 11.1 Å². The summed E-state index contributed by atoms with van der Waals surface area (Å²) < 4.78 is 5.22. The second-order valence-corrected chi connectivity index (χ2v) is 6.77. The highest BCUT2D eigenvalue weighted by Gasteiger charge is 2.10. The van der Waals surface area contributed by atoms with Crippen LogP contribution in [0, 0.1) is 13.8 Å². The third-order valence-electron chi connectivity index (χ3n) is 3.83. The Bertz CT molecular complexity index is 895. The van der Waals surface area contributed by atoms with Crippen molar-refractivity contribution in [1.82, 2.24) is 5.16 Å². The van der Waals surface area contributed by atoms with Gasteiger partial charge in [-0.05, 0) is 30.5 Å². The fourth-order valence-electron chi connectivity index (χ4n) is 2.54. The van der Waals surface area contributed by atoms with Crippen LogP contribution in [-0.2, 0) is 5.75 Å². The topological polar surface area (TPSA) is 76.8 Å². The van der Waals surface area contributed by atoms with Crippen molar-refractivity contribution >= 4 is 23.1 Å². The van der Waals surface area contributed by atoms with E-state index in [9.17, 15) is 0 Å². The average molecular weight is 364 g/mol. The van der Waals surface area contributed by atoms with Gasteiger partial charge in [-0.25, -0.2) is 0 Å². The first-order chi connectivity index (χ1) is 12.6. The van der Waals surface area contributed by atoms with Crippen LogP contribution >= 0.6 is 11.8 Å². The third kappa shape index (κ3) is 4.61. The molecule has 2 N–H and O–H groups in total. The predicted octanol–water partition coefficient (Wildman–Crippen LogP) is 4.54. The molecule has 0 aliphatic carbocycles. The standard InChI is InChI=1S/C20H20N4OS/c1-14-19(15(2)25-24-14)18-10-8-16(9-11-18)12-22-23-20(21)26-13-17-6-4-3-5-7-17/h3-12H,13H2,1-2H3,(H2,21,23). The molecule has 0 saturated carbocycles. The zero-order valence-electron chi connectivity index (χ0n) is 14.7. The monoisotopic (exact) mass is 364 g/mol. The number of nitrogens with two attached hydrogens (primary N) is 1. The van der Waals surface area contributed by atoms with Crippen LogP contribution in [0.2, 0.25) is 0 Å². The van der Waals surface area contributed by atoms with E-state index in [0.717, 1.165) is 33.9 Å². The number of aryl methyl sites for hydroxylation is 2. The lowest BCUT2D eigenvalue weighted by atomic mass is 10.0. The molecule has 132 valence electrons. The molecule has 0 fully saturated rings. The molecular weight excluding hydrogens is 344 g/mol. The fourth-order valence-corrected chi connectivity index (χ4v) is 3.16. The lowest BCUT2D eigenvalue weighted by molar-refractivity contribution is 0.393. The van der Waals surface area contributed by atoms with Crippen molar-refractivity contribution in [2.45, 2.75) is 19.6 Å². The van der Waals surface area contributed by atoms with Gasteiger partial charge in [0.1, 0.15) is 5.76 Å². The number of thioether (sulfide) groups is 1. The van der Waals surface area contributed by atoms with Crippen molar-refractivity contribution in [2.24, 2.45) is 15.9 Å². The van der Waals surface area contributed by atoms with Crippen LogP contribution in [0.5, 0.6) is 0 Å². The molecule has 0 spiro atoms. The molecule has 0 saturated heterocycles. The van der Waals surface area contributed by atoms with Crippen LogP contribution in [-0.4, -0.2) is 16.5 Å². The van der Waals surface area contributed by atoms with Gasteiger partial charge in [-0.2, -0.15) is 5.10 Å². The largest absolute Gasteiger partial charge is 0.377 e. The maximum absolute atomic E-state index is 5.89. The highest BCUT2D eigenvalue weighted by molar-refractivity contribution is 8.13. The van der Waals surface area contributed by atoms with E-state index in [1.165, 1.54) is 17.3 Å². The predicted molar refractivity (Wildman–Crippen MR) is 108 cm³/mol. The summed E-state index contributed by atoms with van der Waals surface area (Å²) in [6.45, 7) is 3.85. The maximum Gasteiger partial charge on any atom is 0.180 e. The van der Waals surface area contributed by atoms with Gasteiger partial charge in [-0.15, -0.1) is 5.10 Å². The summed E-state index contributed by atoms with van der Waals surface area (Å²) in [5.41, 5.74) is 11.0. The van der Waals surface area contributed by atoms with Crippen LogP contribution in [0.15, 0.2) is 69.3 Å². The second-order valence-electron chi connectivity index (χ2n) is 5.78. The van der Waals surface area contributed by atoms with E-state index >= 15 is 0 Å². The summed E-state index contributed by atoms with van der Waals surface area (Å²) in [4.78, 5) is 0. The first-order valence-corrected chi connectivity index (χ1v) is 9.18. The average Bonchev–Trinajstić information content (AvgIpc) is 3.00. The summed E-state index contributed by atoms with van der Waals surface area (Å²) >= 11 is 1.47.